The first-order chi connectivity index (χ1) is 16.1. The maximum atomic E-state index is 13.6. The molecule has 4 aromatic carbocycles. The van der Waals surface area contributed by atoms with Crippen molar-refractivity contribution in [1.29, 1.82) is 0 Å². The fourth-order valence-corrected chi connectivity index (χ4v) is 5.33. The van der Waals surface area contributed by atoms with Gasteiger partial charge in [0.25, 0.3) is 0 Å². The number of Topliss-reactive ketones (excluding diaryl/α,β-unsaturated/α-hetero) is 1. The Labute approximate surface area is 191 Å². The topological polar surface area (TPSA) is 63.6 Å². The predicted octanol–water partition coefficient (Wildman–Crippen LogP) is 4.64. The van der Waals surface area contributed by atoms with E-state index < -0.39 is 17.3 Å². The SMILES string of the molecule is O=C1c2ccccc2C2(OC(C(=O)c3ccccc3)C2(O)c2ccccc2)c2ccccc21. The number of rotatable bonds is 3. The predicted molar refractivity (Wildman–Crippen MR) is 123 cm³/mol. The van der Waals surface area contributed by atoms with E-state index in [0.29, 0.717) is 33.4 Å². The fourth-order valence-electron chi connectivity index (χ4n) is 5.33. The van der Waals surface area contributed by atoms with Gasteiger partial charge >= 0.3 is 0 Å². The van der Waals surface area contributed by atoms with Crippen LogP contribution in [-0.4, -0.2) is 22.8 Å². The minimum Gasteiger partial charge on any atom is -0.378 e. The molecule has 33 heavy (non-hydrogen) atoms. The summed E-state index contributed by atoms with van der Waals surface area (Å²) < 4.78 is 6.50. The highest BCUT2D eigenvalue weighted by Crippen LogP contribution is 2.63. The number of carbonyl (C=O) groups excluding carboxylic acids is 2. The molecular weight excluding hydrogens is 412 g/mol. The highest BCUT2D eigenvalue weighted by atomic mass is 16.6. The Bertz CT molecular complexity index is 1340. The molecule has 1 spiro atoms. The van der Waals surface area contributed by atoms with Gasteiger partial charge in [0.05, 0.1) is 0 Å². The largest absolute Gasteiger partial charge is 0.378 e. The number of fused-ring (bicyclic) bond motifs is 4. The summed E-state index contributed by atoms with van der Waals surface area (Å²) in [4.78, 5) is 26.9. The van der Waals surface area contributed by atoms with Crippen LogP contribution in [0.2, 0.25) is 0 Å². The molecule has 4 nitrogen and oxygen atoms in total. The first kappa shape index (κ1) is 19.8. The molecule has 6 rings (SSSR count). The molecule has 160 valence electrons. The number of ether oxygens (including phenoxy) is 1. The number of ketones is 2. The van der Waals surface area contributed by atoms with Gasteiger partial charge in [-0.2, -0.15) is 0 Å². The second kappa shape index (κ2) is 7.07. The summed E-state index contributed by atoms with van der Waals surface area (Å²) >= 11 is 0. The summed E-state index contributed by atoms with van der Waals surface area (Å²) in [6.45, 7) is 0. The van der Waals surface area contributed by atoms with E-state index in [-0.39, 0.29) is 11.6 Å². The summed E-state index contributed by atoms with van der Waals surface area (Å²) in [6.07, 6.45) is -1.14. The molecule has 2 atom stereocenters. The van der Waals surface area contributed by atoms with E-state index in [2.05, 4.69) is 0 Å². The Morgan fingerprint density at radius 3 is 1.76 bits per heavy atom. The lowest BCUT2D eigenvalue weighted by Gasteiger charge is -2.62. The van der Waals surface area contributed by atoms with Gasteiger partial charge in [0.1, 0.15) is 0 Å². The summed E-state index contributed by atoms with van der Waals surface area (Å²) in [7, 11) is 0. The lowest BCUT2D eigenvalue weighted by Crippen LogP contribution is -2.73. The Balaban J connectivity index is 1.64. The van der Waals surface area contributed by atoms with Crippen molar-refractivity contribution in [2.45, 2.75) is 17.3 Å². The van der Waals surface area contributed by atoms with Crippen molar-refractivity contribution in [1.82, 2.24) is 0 Å². The lowest BCUT2D eigenvalue weighted by molar-refractivity contribution is -0.331. The van der Waals surface area contributed by atoms with Gasteiger partial charge in [-0.05, 0) is 5.56 Å². The van der Waals surface area contributed by atoms with Crippen LogP contribution in [0, 0.1) is 0 Å². The quantitative estimate of drug-likeness (QED) is 0.479. The highest BCUT2D eigenvalue weighted by molar-refractivity contribution is 6.13. The Morgan fingerprint density at radius 2 is 1.18 bits per heavy atom. The highest BCUT2D eigenvalue weighted by Gasteiger charge is 2.73. The van der Waals surface area contributed by atoms with Gasteiger partial charge < -0.3 is 9.84 Å². The van der Waals surface area contributed by atoms with E-state index >= 15 is 0 Å². The molecule has 4 heteroatoms. The molecule has 0 amide bonds. The number of aliphatic hydroxyl groups is 1. The molecule has 0 radical (unpaired) electrons. The molecule has 1 heterocycles. The fraction of sp³-hybridized carbons (Fsp3) is 0.103. The Kier molecular flexibility index (Phi) is 4.24. The minimum atomic E-state index is -1.73. The molecule has 0 aromatic heterocycles. The summed E-state index contributed by atoms with van der Waals surface area (Å²) in [5, 5.41) is 12.6. The Morgan fingerprint density at radius 1 is 0.697 bits per heavy atom. The molecule has 1 aliphatic carbocycles. The number of carbonyl (C=O) groups is 2. The second-order valence-electron chi connectivity index (χ2n) is 8.46. The molecule has 0 saturated carbocycles. The van der Waals surface area contributed by atoms with Crippen molar-refractivity contribution in [2.75, 3.05) is 0 Å². The van der Waals surface area contributed by atoms with Gasteiger partial charge in [-0.3, -0.25) is 9.59 Å². The average molecular weight is 432 g/mol. The van der Waals surface area contributed by atoms with Gasteiger partial charge in [-0.25, -0.2) is 0 Å². The third-order valence-corrected chi connectivity index (χ3v) is 6.82. The van der Waals surface area contributed by atoms with E-state index in [4.69, 9.17) is 4.74 Å². The molecule has 0 bridgehead atoms. The first-order valence-corrected chi connectivity index (χ1v) is 10.9. The first-order valence-electron chi connectivity index (χ1n) is 10.9. The van der Waals surface area contributed by atoms with Crippen molar-refractivity contribution in [2.24, 2.45) is 0 Å². The van der Waals surface area contributed by atoms with Crippen molar-refractivity contribution < 1.29 is 19.4 Å². The van der Waals surface area contributed by atoms with Crippen LogP contribution in [0.3, 0.4) is 0 Å². The van der Waals surface area contributed by atoms with E-state index in [0.717, 1.165) is 0 Å². The third kappa shape index (κ3) is 2.48. The summed E-state index contributed by atoms with van der Waals surface area (Å²) in [6, 6.07) is 32.3. The van der Waals surface area contributed by atoms with E-state index in [1.807, 2.05) is 36.4 Å². The third-order valence-electron chi connectivity index (χ3n) is 6.82. The molecule has 1 saturated heterocycles. The monoisotopic (exact) mass is 432 g/mol. The maximum Gasteiger partial charge on any atom is 0.195 e. The van der Waals surface area contributed by atoms with Crippen LogP contribution in [0.1, 0.15) is 43.0 Å². The van der Waals surface area contributed by atoms with E-state index in [1.54, 1.807) is 72.8 Å². The Hall–Kier alpha value is -3.86. The molecule has 2 aliphatic rings. The summed E-state index contributed by atoms with van der Waals surface area (Å²) in [5.74, 6) is -0.428. The van der Waals surface area contributed by atoms with Crippen LogP contribution in [0.4, 0.5) is 0 Å². The zero-order valence-corrected chi connectivity index (χ0v) is 17.6. The van der Waals surface area contributed by atoms with E-state index in [1.165, 1.54) is 0 Å². The van der Waals surface area contributed by atoms with Gasteiger partial charge in [0, 0.05) is 27.8 Å². The van der Waals surface area contributed by atoms with Gasteiger partial charge in [0.15, 0.2) is 28.9 Å². The van der Waals surface area contributed by atoms with Crippen LogP contribution in [0.15, 0.2) is 109 Å². The lowest BCUT2D eigenvalue weighted by atomic mass is 9.57. The standard InChI is InChI=1S/C29H20O4/c30-25(19-11-3-1-4-12-19)27-28(32,20-13-5-2-6-14-20)29(33-27)23-17-9-7-15-21(23)26(31)22-16-8-10-18-24(22)29/h1-18,27,32H. The van der Waals surface area contributed by atoms with Crippen LogP contribution in [-0.2, 0) is 15.9 Å². The number of hydrogen-bond acceptors (Lipinski definition) is 4. The van der Waals surface area contributed by atoms with Crippen molar-refractivity contribution in [3.8, 4) is 0 Å². The van der Waals surface area contributed by atoms with E-state index in [9.17, 15) is 14.7 Å². The zero-order valence-electron chi connectivity index (χ0n) is 17.6. The molecule has 1 fully saturated rings. The second-order valence-corrected chi connectivity index (χ2v) is 8.46. The van der Waals surface area contributed by atoms with Crippen LogP contribution < -0.4 is 0 Å². The van der Waals surface area contributed by atoms with Crippen molar-refractivity contribution in [3.63, 3.8) is 0 Å². The van der Waals surface area contributed by atoms with Gasteiger partial charge in [-0.1, -0.05) is 109 Å². The number of hydrogen-bond donors (Lipinski definition) is 1. The van der Waals surface area contributed by atoms with Crippen molar-refractivity contribution in [3.05, 3.63) is 143 Å². The number of benzene rings is 4. The van der Waals surface area contributed by atoms with Crippen LogP contribution in [0.25, 0.3) is 0 Å². The van der Waals surface area contributed by atoms with Gasteiger partial charge in [-0.15, -0.1) is 0 Å². The molecule has 2 unspecified atom stereocenters. The minimum absolute atomic E-state index is 0.122. The summed E-state index contributed by atoms with van der Waals surface area (Å²) in [5.41, 5.74) is -0.0372. The van der Waals surface area contributed by atoms with Crippen LogP contribution in [0.5, 0.6) is 0 Å². The normalized spacial score (nSPS) is 22.2. The molecule has 4 aromatic rings. The molecule has 1 N–H and O–H groups in total. The van der Waals surface area contributed by atoms with Crippen LogP contribution >= 0.6 is 0 Å². The van der Waals surface area contributed by atoms with Crippen molar-refractivity contribution >= 4 is 11.6 Å². The van der Waals surface area contributed by atoms with Gasteiger partial charge in [0.2, 0.25) is 0 Å². The maximum absolute atomic E-state index is 13.6. The average Bonchev–Trinajstić information content (AvgIpc) is 2.88. The molecule has 1 aliphatic heterocycles. The smallest absolute Gasteiger partial charge is 0.195 e. The zero-order chi connectivity index (χ0) is 22.6. The molecular formula is C29H20O4.